The Balaban J connectivity index is 2.85. The number of carboxylic acids is 1. The number of thioether (sulfide) groups is 1. The van der Waals surface area contributed by atoms with Gasteiger partial charge >= 0.3 is 12.0 Å². The van der Waals surface area contributed by atoms with Crippen LogP contribution in [0.1, 0.15) is 33.1 Å². The van der Waals surface area contributed by atoms with Crippen molar-refractivity contribution in [2.45, 2.75) is 45.2 Å². The molecule has 1 fully saturated rings. The van der Waals surface area contributed by atoms with E-state index < -0.39 is 5.97 Å². The Morgan fingerprint density at radius 2 is 2.05 bits per heavy atom. The van der Waals surface area contributed by atoms with Crippen molar-refractivity contribution in [3.8, 4) is 0 Å². The highest BCUT2D eigenvalue weighted by atomic mass is 32.2. The molecular formula is C14H26N2O4S. The quantitative estimate of drug-likeness (QED) is 0.743. The van der Waals surface area contributed by atoms with Gasteiger partial charge in [0, 0.05) is 30.6 Å². The molecule has 2 amide bonds. The van der Waals surface area contributed by atoms with E-state index in [9.17, 15) is 14.7 Å². The smallest absolute Gasteiger partial charge is 0.320 e. The molecule has 0 aromatic carbocycles. The lowest BCUT2D eigenvalue weighted by atomic mass is 10.1. The summed E-state index contributed by atoms with van der Waals surface area (Å²) in [5.74, 6) is 0.614. The predicted octanol–water partition coefficient (Wildman–Crippen LogP) is 1.48. The summed E-state index contributed by atoms with van der Waals surface area (Å²) in [6.07, 6.45) is 1.64. The summed E-state index contributed by atoms with van der Waals surface area (Å²) in [6.45, 7) is 4.84. The molecule has 0 saturated carbocycles. The Bertz CT molecular complexity index is 350. The lowest BCUT2D eigenvalue weighted by Gasteiger charge is -2.40. The number of hydrogen-bond donors (Lipinski definition) is 2. The third-order valence-corrected chi connectivity index (χ3v) is 4.95. The number of rotatable bonds is 7. The number of urea groups is 1. The van der Waals surface area contributed by atoms with E-state index in [0.29, 0.717) is 18.8 Å². The molecule has 0 bridgehead atoms. The molecule has 1 saturated heterocycles. The molecule has 0 aromatic heterocycles. The summed E-state index contributed by atoms with van der Waals surface area (Å²) < 4.78 is 0. The zero-order valence-electron chi connectivity index (χ0n) is 12.8. The highest BCUT2D eigenvalue weighted by molar-refractivity contribution is 7.99. The normalized spacial score (nSPS) is 18.9. The zero-order valence-corrected chi connectivity index (χ0v) is 13.6. The van der Waals surface area contributed by atoms with Gasteiger partial charge in [0.2, 0.25) is 0 Å². The highest BCUT2D eigenvalue weighted by Crippen LogP contribution is 2.22. The predicted molar refractivity (Wildman–Crippen MR) is 83.6 cm³/mol. The number of aliphatic carboxylic acids is 1. The molecule has 0 radical (unpaired) electrons. The lowest BCUT2D eigenvalue weighted by molar-refractivity contribution is -0.138. The molecule has 122 valence electrons. The Hall–Kier alpha value is -0.950. The second-order valence-corrected chi connectivity index (χ2v) is 6.34. The van der Waals surface area contributed by atoms with Crippen LogP contribution < -0.4 is 0 Å². The van der Waals surface area contributed by atoms with E-state index in [1.807, 2.05) is 13.8 Å². The molecule has 1 atom stereocenters. The molecule has 21 heavy (non-hydrogen) atoms. The van der Waals surface area contributed by atoms with Gasteiger partial charge in [0.1, 0.15) is 0 Å². The van der Waals surface area contributed by atoms with Gasteiger partial charge in [-0.15, -0.1) is 0 Å². The summed E-state index contributed by atoms with van der Waals surface area (Å²) in [5, 5.41) is 18.2. The number of aliphatic hydroxyl groups excluding tert-OH is 1. The van der Waals surface area contributed by atoms with Crippen molar-refractivity contribution >= 4 is 23.8 Å². The maximum Gasteiger partial charge on any atom is 0.320 e. The lowest BCUT2D eigenvalue weighted by Crippen LogP contribution is -2.55. The summed E-state index contributed by atoms with van der Waals surface area (Å²) in [4.78, 5) is 27.1. The largest absolute Gasteiger partial charge is 0.481 e. The second-order valence-electron chi connectivity index (χ2n) is 5.19. The molecule has 1 heterocycles. The molecule has 0 aliphatic carbocycles. The van der Waals surface area contributed by atoms with Gasteiger partial charge in [-0.25, -0.2) is 4.79 Å². The number of carboxylic acid groups (broad SMARTS) is 1. The average Bonchev–Trinajstić information content (AvgIpc) is 2.47. The van der Waals surface area contributed by atoms with Crippen LogP contribution >= 0.6 is 11.8 Å². The topological polar surface area (TPSA) is 81.1 Å². The SMILES string of the molecule is CCC(CC)N(CCO)C(=O)N1CCSCC1CC(=O)O. The van der Waals surface area contributed by atoms with E-state index in [1.54, 1.807) is 21.6 Å². The van der Waals surface area contributed by atoms with Gasteiger partial charge in [0.25, 0.3) is 0 Å². The van der Waals surface area contributed by atoms with Crippen LogP contribution in [0.25, 0.3) is 0 Å². The van der Waals surface area contributed by atoms with Crippen LogP contribution in [0.15, 0.2) is 0 Å². The third-order valence-electron chi connectivity index (χ3n) is 3.85. The first-order chi connectivity index (χ1) is 10.0. The van der Waals surface area contributed by atoms with Gasteiger partial charge in [-0.1, -0.05) is 13.8 Å². The van der Waals surface area contributed by atoms with Crippen LogP contribution in [0.5, 0.6) is 0 Å². The fraction of sp³-hybridized carbons (Fsp3) is 0.857. The summed E-state index contributed by atoms with van der Waals surface area (Å²) in [5.41, 5.74) is 0. The maximum atomic E-state index is 12.8. The van der Waals surface area contributed by atoms with Crippen LogP contribution in [0.3, 0.4) is 0 Å². The Labute approximate surface area is 130 Å². The van der Waals surface area contributed by atoms with Crippen molar-refractivity contribution in [2.24, 2.45) is 0 Å². The number of carbonyl (C=O) groups is 2. The summed E-state index contributed by atoms with van der Waals surface area (Å²) in [7, 11) is 0. The molecular weight excluding hydrogens is 292 g/mol. The molecule has 2 N–H and O–H groups in total. The van der Waals surface area contributed by atoms with Crippen molar-refractivity contribution in [3.05, 3.63) is 0 Å². The molecule has 6 nitrogen and oxygen atoms in total. The Morgan fingerprint density at radius 3 is 2.57 bits per heavy atom. The molecule has 0 spiro atoms. The standard InChI is InChI=1S/C14H26N2O4S/c1-3-11(4-2)15(5-7-17)14(20)16-6-8-21-10-12(16)9-13(18)19/h11-12,17H,3-10H2,1-2H3,(H,18,19). The van der Waals surface area contributed by atoms with Gasteiger partial charge < -0.3 is 20.0 Å². The van der Waals surface area contributed by atoms with Gasteiger partial charge in [-0.2, -0.15) is 11.8 Å². The van der Waals surface area contributed by atoms with E-state index in [1.165, 1.54) is 0 Å². The first-order valence-corrected chi connectivity index (χ1v) is 8.68. The number of hydrogen-bond acceptors (Lipinski definition) is 4. The van der Waals surface area contributed by atoms with Crippen LogP contribution in [0.4, 0.5) is 4.79 Å². The number of carbonyl (C=O) groups excluding carboxylic acids is 1. The minimum Gasteiger partial charge on any atom is -0.481 e. The van der Waals surface area contributed by atoms with Crippen LogP contribution in [-0.2, 0) is 4.79 Å². The van der Waals surface area contributed by atoms with E-state index in [0.717, 1.165) is 18.6 Å². The fourth-order valence-electron chi connectivity index (χ4n) is 2.71. The van der Waals surface area contributed by atoms with Crippen LogP contribution in [0, 0.1) is 0 Å². The molecule has 0 aromatic rings. The summed E-state index contributed by atoms with van der Waals surface area (Å²) >= 11 is 1.69. The van der Waals surface area contributed by atoms with Crippen molar-refractivity contribution < 1.29 is 19.8 Å². The third kappa shape index (κ3) is 5.07. The number of amides is 2. The molecule has 1 rings (SSSR count). The average molecular weight is 318 g/mol. The minimum atomic E-state index is -0.878. The van der Waals surface area contributed by atoms with Crippen molar-refractivity contribution in [1.29, 1.82) is 0 Å². The first-order valence-electron chi connectivity index (χ1n) is 7.52. The second kappa shape index (κ2) is 9.15. The van der Waals surface area contributed by atoms with Crippen LogP contribution in [-0.4, -0.2) is 75.3 Å². The molecule has 7 heteroatoms. The van der Waals surface area contributed by atoms with E-state index in [4.69, 9.17) is 5.11 Å². The maximum absolute atomic E-state index is 12.8. The minimum absolute atomic E-state index is 0.0192. The van der Waals surface area contributed by atoms with Gasteiger partial charge in [-0.05, 0) is 12.8 Å². The van der Waals surface area contributed by atoms with Gasteiger partial charge in [0.05, 0.1) is 19.1 Å². The van der Waals surface area contributed by atoms with Gasteiger partial charge in [-0.3, -0.25) is 4.79 Å². The van der Waals surface area contributed by atoms with E-state index >= 15 is 0 Å². The fourth-order valence-corrected chi connectivity index (χ4v) is 3.78. The Kier molecular flexibility index (Phi) is 7.88. The monoisotopic (exact) mass is 318 g/mol. The van der Waals surface area contributed by atoms with Crippen molar-refractivity contribution in [3.63, 3.8) is 0 Å². The van der Waals surface area contributed by atoms with E-state index in [-0.39, 0.29) is 31.1 Å². The molecule has 1 aliphatic rings. The van der Waals surface area contributed by atoms with Crippen molar-refractivity contribution in [2.75, 3.05) is 31.2 Å². The Morgan fingerprint density at radius 1 is 1.38 bits per heavy atom. The van der Waals surface area contributed by atoms with E-state index in [2.05, 4.69) is 0 Å². The summed E-state index contributed by atoms with van der Waals surface area (Å²) in [6, 6.07) is -0.307. The number of aliphatic hydroxyl groups is 1. The van der Waals surface area contributed by atoms with Gasteiger partial charge in [0.15, 0.2) is 0 Å². The van der Waals surface area contributed by atoms with Crippen LogP contribution in [0.2, 0.25) is 0 Å². The first kappa shape index (κ1) is 18.1. The van der Waals surface area contributed by atoms with Crippen molar-refractivity contribution in [1.82, 2.24) is 9.80 Å². The number of nitrogens with zero attached hydrogens (tertiary/aromatic N) is 2. The molecule has 1 unspecified atom stereocenters. The zero-order chi connectivity index (χ0) is 15.8. The molecule has 1 aliphatic heterocycles. The highest BCUT2D eigenvalue weighted by Gasteiger charge is 2.33.